The highest BCUT2D eigenvalue weighted by molar-refractivity contribution is 7.16. The Morgan fingerprint density at radius 2 is 2.11 bits per heavy atom. The van der Waals surface area contributed by atoms with Crippen molar-refractivity contribution in [2.24, 2.45) is 4.99 Å². The van der Waals surface area contributed by atoms with Crippen molar-refractivity contribution in [3.63, 3.8) is 0 Å². The molecule has 144 valence electrons. The third-order valence-electron chi connectivity index (χ3n) is 3.96. The summed E-state index contributed by atoms with van der Waals surface area (Å²) in [5.41, 5.74) is 1.55. The predicted octanol–water partition coefficient (Wildman–Crippen LogP) is 3.79. The summed E-state index contributed by atoms with van der Waals surface area (Å²) < 4.78 is 8.44. The Morgan fingerprint density at radius 1 is 1.29 bits per heavy atom. The molecule has 8 heteroatoms. The van der Waals surface area contributed by atoms with Crippen molar-refractivity contribution >= 4 is 39.2 Å². The van der Waals surface area contributed by atoms with E-state index >= 15 is 0 Å². The normalized spacial score (nSPS) is 12.1. The second-order valence-corrected chi connectivity index (χ2v) is 6.85. The first-order chi connectivity index (χ1) is 13.6. The summed E-state index contributed by atoms with van der Waals surface area (Å²) >= 11 is 1.44. The number of nitro groups is 1. The van der Waals surface area contributed by atoms with Gasteiger partial charge in [0, 0.05) is 31.4 Å². The van der Waals surface area contributed by atoms with Gasteiger partial charge in [-0.2, -0.15) is 4.99 Å². The van der Waals surface area contributed by atoms with Crippen LogP contribution in [0, 0.1) is 10.1 Å². The summed E-state index contributed by atoms with van der Waals surface area (Å²) in [6, 6.07) is 13.9. The molecule has 0 saturated carbocycles. The Hall–Kier alpha value is -3.10. The molecule has 2 aromatic carbocycles. The first kappa shape index (κ1) is 19.7. The van der Waals surface area contributed by atoms with E-state index in [-0.39, 0.29) is 5.69 Å². The molecular formula is C20H19N3O4S. The largest absolute Gasteiger partial charge is 0.380 e. The maximum atomic E-state index is 12.3. The number of non-ortho nitro benzene ring substituents is 1. The molecule has 0 aliphatic carbocycles. The van der Waals surface area contributed by atoms with Crippen molar-refractivity contribution in [3.05, 3.63) is 75.1 Å². The minimum absolute atomic E-state index is 0.0233. The lowest BCUT2D eigenvalue weighted by atomic mass is 10.2. The van der Waals surface area contributed by atoms with Crippen LogP contribution in [0.1, 0.15) is 12.5 Å². The Labute approximate surface area is 165 Å². The number of benzene rings is 2. The number of hydrogen-bond acceptors (Lipinski definition) is 5. The topological polar surface area (TPSA) is 86.7 Å². The van der Waals surface area contributed by atoms with Crippen LogP contribution in [0.5, 0.6) is 0 Å². The lowest BCUT2D eigenvalue weighted by molar-refractivity contribution is -0.384. The zero-order valence-corrected chi connectivity index (χ0v) is 16.1. The molecule has 0 radical (unpaired) electrons. The third-order valence-corrected chi connectivity index (χ3v) is 5.02. The van der Waals surface area contributed by atoms with Crippen LogP contribution < -0.4 is 4.80 Å². The highest BCUT2D eigenvalue weighted by atomic mass is 32.1. The fraction of sp³-hybridized carbons (Fsp3) is 0.200. The van der Waals surface area contributed by atoms with Gasteiger partial charge in [0.25, 0.3) is 11.6 Å². The van der Waals surface area contributed by atoms with Gasteiger partial charge in [0.05, 0.1) is 21.7 Å². The second-order valence-electron chi connectivity index (χ2n) is 5.84. The van der Waals surface area contributed by atoms with E-state index in [0.717, 1.165) is 10.2 Å². The highest BCUT2D eigenvalue weighted by Gasteiger charge is 2.07. The standard InChI is InChI=1S/C20H19N3O4S/c1-2-27-13-12-22-17-8-3-4-9-18(17)28-20(22)21-19(24)11-10-15-6-5-7-16(14-15)23(25)26/h3-11,14H,2,12-13H2,1H3. The zero-order valence-electron chi connectivity index (χ0n) is 15.3. The van der Waals surface area contributed by atoms with Crippen LogP contribution in [0.2, 0.25) is 0 Å². The fourth-order valence-electron chi connectivity index (χ4n) is 2.66. The summed E-state index contributed by atoms with van der Waals surface area (Å²) in [7, 11) is 0. The number of amides is 1. The minimum Gasteiger partial charge on any atom is -0.380 e. The molecular weight excluding hydrogens is 378 g/mol. The summed E-state index contributed by atoms with van der Waals surface area (Å²) in [6.45, 7) is 3.69. The van der Waals surface area contributed by atoms with Gasteiger partial charge >= 0.3 is 0 Å². The van der Waals surface area contributed by atoms with Crippen LogP contribution in [0.15, 0.2) is 59.6 Å². The van der Waals surface area contributed by atoms with Gasteiger partial charge < -0.3 is 9.30 Å². The Bertz CT molecular complexity index is 1100. The van der Waals surface area contributed by atoms with E-state index in [4.69, 9.17) is 4.74 Å². The number of fused-ring (bicyclic) bond motifs is 1. The summed E-state index contributed by atoms with van der Waals surface area (Å²) in [5, 5.41) is 10.8. The van der Waals surface area contributed by atoms with E-state index in [0.29, 0.717) is 30.1 Å². The molecule has 0 unspecified atom stereocenters. The fourth-order valence-corrected chi connectivity index (χ4v) is 3.73. The monoisotopic (exact) mass is 397 g/mol. The molecule has 0 atom stereocenters. The SMILES string of the molecule is CCOCCn1c(=NC(=O)C=Cc2cccc([N+](=O)[O-])c2)sc2ccccc21. The molecule has 0 saturated heterocycles. The third kappa shape index (κ3) is 4.79. The number of carbonyl (C=O) groups excluding carboxylic acids is 1. The summed E-state index contributed by atoms with van der Waals surface area (Å²) in [6.07, 6.45) is 2.84. The highest BCUT2D eigenvalue weighted by Crippen LogP contribution is 2.17. The average molecular weight is 397 g/mol. The summed E-state index contributed by atoms with van der Waals surface area (Å²) in [5.74, 6) is -0.428. The molecule has 0 aliphatic rings. The predicted molar refractivity (Wildman–Crippen MR) is 109 cm³/mol. The van der Waals surface area contributed by atoms with Crippen LogP contribution >= 0.6 is 11.3 Å². The van der Waals surface area contributed by atoms with Crippen LogP contribution in [0.3, 0.4) is 0 Å². The molecule has 0 bridgehead atoms. The quantitative estimate of drug-likeness (QED) is 0.263. The van der Waals surface area contributed by atoms with Gasteiger partial charge in [0.15, 0.2) is 4.80 Å². The van der Waals surface area contributed by atoms with E-state index in [1.807, 2.05) is 35.8 Å². The van der Waals surface area contributed by atoms with Gasteiger partial charge in [0.1, 0.15) is 0 Å². The van der Waals surface area contributed by atoms with Crippen molar-refractivity contribution in [1.82, 2.24) is 4.57 Å². The van der Waals surface area contributed by atoms with Crippen molar-refractivity contribution in [2.45, 2.75) is 13.5 Å². The van der Waals surface area contributed by atoms with Gasteiger partial charge in [-0.1, -0.05) is 35.6 Å². The van der Waals surface area contributed by atoms with Crippen molar-refractivity contribution < 1.29 is 14.5 Å². The van der Waals surface area contributed by atoms with Crippen LogP contribution in [-0.2, 0) is 16.1 Å². The van der Waals surface area contributed by atoms with Crippen molar-refractivity contribution in [2.75, 3.05) is 13.2 Å². The number of hydrogen-bond donors (Lipinski definition) is 0. The van der Waals surface area contributed by atoms with E-state index in [9.17, 15) is 14.9 Å². The number of carbonyl (C=O) groups is 1. The Balaban J connectivity index is 1.88. The van der Waals surface area contributed by atoms with Crippen LogP contribution in [0.25, 0.3) is 16.3 Å². The Morgan fingerprint density at radius 3 is 2.89 bits per heavy atom. The molecule has 1 aromatic heterocycles. The maximum Gasteiger partial charge on any atom is 0.272 e. The van der Waals surface area contributed by atoms with Crippen LogP contribution in [0.4, 0.5) is 5.69 Å². The van der Waals surface area contributed by atoms with Crippen LogP contribution in [-0.4, -0.2) is 28.6 Å². The molecule has 0 N–H and O–H groups in total. The van der Waals surface area contributed by atoms with Gasteiger partial charge in [0.2, 0.25) is 0 Å². The number of rotatable bonds is 7. The maximum absolute atomic E-state index is 12.3. The molecule has 1 heterocycles. The van der Waals surface area contributed by atoms with E-state index in [1.165, 1.54) is 35.6 Å². The van der Waals surface area contributed by atoms with E-state index in [1.54, 1.807) is 12.1 Å². The lowest BCUT2D eigenvalue weighted by Gasteiger charge is -2.04. The molecule has 3 rings (SSSR count). The van der Waals surface area contributed by atoms with Gasteiger partial charge in [-0.15, -0.1) is 0 Å². The number of aromatic nitrogens is 1. The van der Waals surface area contributed by atoms with E-state index < -0.39 is 10.8 Å². The number of ether oxygens (including phenoxy) is 1. The molecule has 0 fully saturated rings. The second kappa shape index (κ2) is 9.20. The molecule has 0 spiro atoms. The molecule has 0 aliphatic heterocycles. The van der Waals surface area contributed by atoms with Gasteiger partial charge in [-0.05, 0) is 30.7 Å². The first-order valence-corrected chi connectivity index (χ1v) is 9.57. The van der Waals surface area contributed by atoms with Crippen molar-refractivity contribution in [3.8, 4) is 0 Å². The lowest BCUT2D eigenvalue weighted by Crippen LogP contribution is -2.19. The van der Waals surface area contributed by atoms with Gasteiger partial charge in [-0.25, -0.2) is 0 Å². The minimum atomic E-state index is -0.470. The molecule has 7 nitrogen and oxygen atoms in total. The average Bonchev–Trinajstić information content (AvgIpc) is 3.04. The number of nitrogens with zero attached hydrogens (tertiary/aromatic N) is 3. The van der Waals surface area contributed by atoms with Crippen molar-refractivity contribution in [1.29, 1.82) is 0 Å². The zero-order chi connectivity index (χ0) is 19.9. The number of nitro benzene ring substituents is 1. The number of thiazole rings is 1. The first-order valence-electron chi connectivity index (χ1n) is 8.76. The number of para-hydroxylation sites is 1. The Kier molecular flexibility index (Phi) is 6.46. The smallest absolute Gasteiger partial charge is 0.272 e. The summed E-state index contributed by atoms with van der Waals surface area (Å²) in [4.78, 5) is 27.5. The molecule has 28 heavy (non-hydrogen) atoms. The van der Waals surface area contributed by atoms with Gasteiger partial charge in [-0.3, -0.25) is 14.9 Å². The van der Waals surface area contributed by atoms with E-state index in [2.05, 4.69) is 4.99 Å². The molecule has 1 amide bonds. The molecule has 3 aromatic rings.